The smallest absolute Gasteiger partial charge is 0.244 e. The number of para-hydroxylation sites is 1. The first-order valence-corrected chi connectivity index (χ1v) is 12.8. The molecular formula is C24H32ClN3O4S. The molecule has 7 nitrogen and oxygen atoms in total. The van der Waals surface area contributed by atoms with E-state index in [1.54, 1.807) is 25.1 Å². The van der Waals surface area contributed by atoms with Crippen molar-refractivity contribution in [1.82, 2.24) is 10.2 Å². The summed E-state index contributed by atoms with van der Waals surface area (Å²) in [6.45, 7) is 8.80. The molecule has 9 heteroatoms. The van der Waals surface area contributed by atoms with E-state index in [-0.39, 0.29) is 23.2 Å². The maximum atomic E-state index is 13.5. The minimum absolute atomic E-state index is 0.152. The second-order valence-electron chi connectivity index (χ2n) is 9.15. The summed E-state index contributed by atoms with van der Waals surface area (Å²) in [5.41, 5.74) is 1.57. The third-order valence-corrected chi connectivity index (χ3v) is 6.35. The first-order valence-electron chi connectivity index (χ1n) is 10.6. The summed E-state index contributed by atoms with van der Waals surface area (Å²) in [6.07, 6.45) is 1.02. The molecular weight excluding hydrogens is 462 g/mol. The fourth-order valence-electron chi connectivity index (χ4n) is 3.31. The van der Waals surface area contributed by atoms with Crippen LogP contribution in [0.4, 0.5) is 5.69 Å². The minimum atomic E-state index is -3.82. The Labute approximate surface area is 201 Å². The lowest BCUT2D eigenvalue weighted by molar-refractivity contribution is -0.140. The van der Waals surface area contributed by atoms with E-state index in [1.807, 2.05) is 52.0 Å². The Morgan fingerprint density at radius 1 is 1.09 bits per heavy atom. The summed E-state index contributed by atoms with van der Waals surface area (Å²) < 4.78 is 26.1. The van der Waals surface area contributed by atoms with Gasteiger partial charge in [0.1, 0.15) is 12.6 Å². The molecule has 1 unspecified atom stereocenters. The van der Waals surface area contributed by atoms with E-state index in [1.165, 1.54) is 11.0 Å². The van der Waals surface area contributed by atoms with Crippen molar-refractivity contribution in [1.29, 1.82) is 0 Å². The van der Waals surface area contributed by atoms with E-state index in [2.05, 4.69) is 5.32 Å². The Morgan fingerprint density at radius 2 is 1.73 bits per heavy atom. The SMILES string of the molecule is Cc1cccc(CN(C(=O)CN(c2ccccc2Cl)S(C)(=O)=O)C(C)C(=O)NC(C)(C)C)c1. The summed E-state index contributed by atoms with van der Waals surface area (Å²) in [5.74, 6) is -0.842. The predicted octanol–water partition coefficient (Wildman–Crippen LogP) is 3.75. The lowest BCUT2D eigenvalue weighted by atomic mass is 10.1. The van der Waals surface area contributed by atoms with E-state index < -0.39 is 34.1 Å². The van der Waals surface area contributed by atoms with Crippen molar-refractivity contribution in [3.8, 4) is 0 Å². The third kappa shape index (κ3) is 7.75. The largest absolute Gasteiger partial charge is 0.350 e. The summed E-state index contributed by atoms with van der Waals surface area (Å²) in [7, 11) is -3.82. The number of hydrogen-bond donors (Lipinski definition) is 1. The quantitative estimate of drug-likeness (QED) is 0.606. The van der Waals surface area contributed by atoms with Crippen molar-refractivity contribution in [2.45, 2.75) is 52.7 Å². The number of hydrogen-bond acceptors (Lipinski definition) is 4. The van der Waals surface area contributed by atoms with Crippen LogP contribution in [0.5, 0.6) is 0 Å². The highest BCUT2D eigenvalue weighted by Crippen LogP contribution is 2.27. The molecule has 180 valence electrons. The number of sulfonamides is 1. The van der Waals surface area contributed by atoms with Crippen LogP contribution in [0.1, 0.15) is 38.8 Å². The van der Waals surface area contributed by atoms with Gasteiger partial charge >= 0.3 is 0 Å². The van der Waals surface area contributed by atoms with Crippen LogP contribution in [0.15, 0.2) is 48.5 Å². The molecule has 0 saturated heterocycles. The first kappa shape index (κ1) is 26.7. The number of halogens is 1. The topological polar surface area (TPSA) is 86.8 Å². The van der Waals surface area contributed by atoms with E-state index >= 15 is 0 Å². The average molecular weight is 494 g/mol. The monoisotopic (exact) mass is 493 g/mol. The summed E-state index contributed by atoms with van der Waals surface area (Å²) in [5, 5.41) is 3.10. The van der Waals surface area contributed by atoms with E-state index in [9.17, 15) is 18.0 Å². The molecule has 0 aromatic heterocycles. The van der Waals surface area contributed by atoms with Crippen LogP contribution in [-0.4, -0.2) is 49.5 Å². The molecule has 0 spiro atoms. The summed E-state index contributed by atoms with van der Waals surface area (Å²) >= 11 is 6.23. The molecule has 2 aromatic rings. The van der Waals surface area contributed by atoms with Gasteiger partial charge < -0.3 is 10.2 Å². The van der Waals surface area contributed by atoms with Gasteiger partial charge in [0.05, 0.1) is 17.0 Å². The van der Waals surface area contributed by atoms with Crippen LogP contribution >= 0.6 is 11.6 Å². The average Bonchev–Trinajstić information content (AvgIpc) is 2.68. The number of nitrogens with one attached hydrogen (secondary N) is 1. The van der Waals surface area contributed by atoms with Crippen LogP contribution in [0, 0.1) is 6.92 Å². The van der Waals surface area contributed by atoms with Gasteiger partial charge in [0, 0.05) is 12.1 Å². The highest BCUT2D eigenvalue weighted by atomic mass is 35.5. The highest BCUT2D eigenvalue weighted by Gasteiger charge is 2.31. The van der Waals surface area contributed by atoms with Crippen molar-refractivity contribution in [3.63, 3.8) is 0 Å². The van der Waals surface area contributed by atoms with Crippen molar-refractivity contribution >= 4 is 39.1 Å². The van der Waals surface area contributed by atoms with Crippen LogP contribution in [0.25, 0.3) is 0 Å². The zero-order valence-corrected chi connectivity index (χ0v) is 21.5. The summed E-state index contributed by atoms with van der Waals surface area (Å²) in [6, 6.07) is 13.2. The predicted molar refractivity (Wildman–Crippen MR) is 133 cm³/mol. The fraction of sp³-hybridized carbons (Fsp3) is 0.417. The Kier molecular flexibility index (Phi) is 8.54. The van der Waals surface area contributed by atoms with Crippen molar-refractivity contribution in [3.05, 3.63) is 64.7 Å². The van der Waals surface area contributed by atoms with Crippen molar-refractivity contribution in [2.24, 2.45) is 0 Å². The number of rotatable bonds is 8. The molecule has 33 heavy (non-hydrogen) atoms. The standard InChI is InChI=1S/C24H32ClN3O4S/c1-17-10-9-11-19(14-17)15-27(18(2)23(30)26-24(3,4)5)22(29)16-28(33(6,31)32)21-13-8-7-12-20(21)25/h7-14,18H,15-16H2,1-6H3,(H,26,30). The molecule has 2 rings (SSSR count). The molecule has 0 aliphatic carbocycles. The molecule has 2 aromatic carbocycles. The molecule has 1 atom stereocenters. The highest BCUT2D eigenvalue weighted by molar-refractivity contribution is 7.92. The van der Waals surface area contributed by atoms with Gasteiger partial charge in [-0.05, 0) is 52.3 Å². The Balaban J connectivity index is 2.42. The lowest BCUT2D eigenvalue weighted by Gasteiger charge is -2.33. The van der Waals surface area contributed by atoms with Crippen LogP contribution in [0.2, 0.25) is 5.02 Å². The van der Waals surface area contributed by atoms with Gasteiger partial charge in [-0.25, -0.2) is 8.42 Å². The number of nitrogens with zero attached hydrogens (tertiary/aromatic N) is 2. The minimum Gasteiger partial charge on any atom is -0.350 e. The van der Waals surface area contributed by atoms with E-state index in [0.717, 1.165) is 21.7 Å². The second-order valence-corrected chi connectivity index (χ2v) is 11.5. The van der Waals surface area contributed by atoms with Gasteiger partial charge in [-0.3, -0.25) is 13.9 Å². The first-order chi connectivity index (χ1) is 15.2. The molecule has 0 fully saturated rings. The van der Waals surface area contributed by atoms with E-state index in [4.69, 9.17) is 11.6 Å². The number of carbonyl (C=O) groups is 2. The normalized spacial score (nSPS) is 12.7. The number of aryl methyl sites for hydroxylation is 1. The summed E-state index contributed by atoms with van der Waals surface area (Å²) in [4.78, 5) is 27.8. The van der Waals surface area contributed by atoms with Gasteiger partial charge in [-0.15, -0.1) is 0 Å². The molecule has 0 aliphatic rings. The maximum Gasteiger partial charge on any atom is 0.244 e. The molecule has 0 bridgehead atoms. The zero-order valence-electron chi connectivity index (χ0n) is 19.9. The maximum absolute atomic E-state index is 13.5. The van der Waals surface area contributed by atoms with Gasteiger partial charge in [-0.2, -0.15) is 0 Å². The van der Waals surface area contributed by atoms with Gasteiger partial charge in [0.2, 0.25) is 21.8 Å². The second kappa shape index (κ2) is 10.6. The van der Waals surface area contributed by atoms with E-state index in [0.29, 0.717) is 0 Å². The molecule has 0 radical (unpaired) electrons. The number of amides is 2. The van der Waals surface area contributed by atoms with Crippen LogP contribution in [0.3, 0.4) is 0 Å². The van der Waals surface area contributed by atoms with Gasteiger partial charge in [0.25, 0.3) is 0 Å². The zero-order chi connectivity index (χ0) is 25.0. The lowest BCUT2D eigenvalue weighted by Crippen LogP contribution is -2.54. The third-order valence-electron chi connectivity index (χ3n) is 4.90. The Hall–Kier alpha value is -2.58. The molecule has 0 heterocycles. The molecule has 1 N–H and O–H groups in total. The van der Waals surface area contributed by atoms with Crippen LogP contribution < -0.4 is 9.62 Å². The Morgan fingerprint density at radius 3 is 2.27 bits per heavy atom. The molecule has 0 saturated carbocycles. The van der Waals surface area contributed by atoms with Crippen LogP contribution in [-0.2, 0) is 26.2 Å². The molecule has 2 amide bonds. The number of benzene rings is 2. The fourth-order valence-corrected chi connectivity index (χ4v) is 4.46. The molecule has 0 aliphatic heterocycles. The van der Waals surface area contributed by atoms with Gasteiger partial charge in [0.15, 0.2) is 0 Å². The number of anilines is 1. The number of carbonyl (C=O) groups excluding carboxylic acids is 2. The Bertz CT molecular complexity index is 1110. The van der Waals surface area contributed by atoms with Crippen molar-refractivity contribution < 1.29 is 18.0 Å². The van der Waals surface area contributed by atoms with Gasteiger partial charge in [-0.1, -0.05) is 53.6 Å². The van der Waals surface area contributed by atoms with Crippen molar-refractivity contribution in [2.75, 3.05) is 17.1 Å².